The van der Waals surface area contributed by atoms with E-state index < -0.39 is 7.66 Å². The molecule has 7 heteroatoms. The second-order valence-electron chi connectivity index (χ2n) is 5.85. The molecule has 5 rings (SSSR count). The van der Waals surface area contributed by atoms with Crippen LogP contribution in [0.25, 0.3) is 0 Å². The van der Waals surface area contributed by atoms with Crippen LogP contribution >= 0.6 is 7.66 Å². The van der Waals surface area contributed by atoms with E-state index in [9.17, 15) is 0 Å². The van der Waals surface area contributed by atoms with E-state index in [2.05, 4.69) is 5.10 Å². The number of rotatable bonds is 1. The van der Waals surface area contributed by atoms with Crippen LogP contribution in [-0.2, 0) is 0 Å². The van der Waals surface area contributed by atoms with Gasteiger partial charge in [0, 0.05) is 0 Å². The molecule has 1 aromatic heterocycles. The number of benzene rings is 2. The van der Waals surface area contributed by atoms with Gasteiger partial charge in [-0.2, -0.15) is 0 Å². The van der Waals surface area contributed by atoms with Gasteiger partial charge in [0.2, 0.25) is 0 Å². The van der Waals surface area contributed by atoms with Gasteiger partial charge >= 0.3 is 138 Å². The Morgan fingerprint density at radius 3 is 1.50 bits per heavy atom. The Hall–Kier alpha value is -2.72. The molecule has 0 aliphatic carbocycles. The third kappa shape index (κ3) is 1.61. The second-order valence-corrected chi connectivity index (χ2v) is 8.51. The average molecular weight is 342 g/mol. The fourth-order valence-corrected chi connectivity index (χ4v) is 6.39. The fraction of sp³-hybridized carbons (Fsp3) is 0.118. The molecule has 2 aliphatic rings. The van der Waals surface area contributed by atoms with E-state index in [-0.39, 0.29) is 0 Å². The number of hydrogen-bond donors (Lipinski definition) is 0. The van der Waals surface area contributed by atoms with E-state index in [1.165, 1.54) is 0 Å². The van der Waals surface area contributed by atoms with Crippen molar-refractivity contribution in [2.24, 2.45) is 0 Å². The molecule has 0 radical (unpaired) electrons. The molecule has 3 heterocycles. The van der Waals surface area contributed by atoms with E-state index in [4.69, 9.17) is 18.1 Å². The first-order valence-electron chi connectivity index (χ1n) is 7.63. The minimum absolute atomic E-state index is 0.579. The van der Waals surface area contributed by atoms with E-state index in [1.807, 2.05) is 68.4 Å². The molecule has 24 heavy (non-hydrogen) atoms. The molecule has 0 fully saturated rings. The number of hydrogen-bond acceptors (Lipinski definition) is 5. The zero-order chi connectivity index (χ0) is 16.4. The Bertz CT molecular complexity index is 871. The van der Waals surface area contributed by atoms with Crippen molar-refractivity contribution in [2.45, 2.75) is 13.8 Å². The Morgan fingerprint density at radius 2 is 1.17 bits per heavy atom. The van der Waals surface area contributed by atoms with E-state index in [0.29, 0.717) is 23.0 Å². The van der Waals surface area contributed by atoms with Crippen molar-refractivity contribution in [1.29, 1.82) is 0 Å². The summed E-state index contributed by atoms with van der Waals surface area (Å²) < 4.78 is 26.7. The quantitative estimate of drug-likeness (QED) is 0.613. The molecular formula is C17H15N2O4P. The summed E-state index contributed by atoms with van der Waals surface area (Å²) in [6.45, 7) is 3.83. The summed E-state index contributed by atoms with van der Waals surface area (Å²) in [4.78, 5) is 0. The molecule has 0 amide bonds. The average Bonchev–Trinajstić information content (AvgIpc) is 3.18. The Labute approximate surface area is 138 Å². The van der Waals surface area contributed by atoms with Gasteiger partial charge in [0.05, 0.1) is 0 Å². The molecular weight excluding hydrogens is 327 g/mol. The van der Waals surface area contributed by atoms with E-state index in [0.717, 1.165) is 11.4 Å². The number of aryl methyl sites for hydroxylation is 2. The van der Waals surface area contributed by atoms with Gasteiger partial charge in [0.1, 0.15) is 0 Å². The number of nitrogens with zero attached hydrogens (tertiary/aromatic N) is 2. The van der Waals surface area contributed by atoms with Crippen LogP contribution < -0.4 is 18.1 Å². The summed E-state index contributed by atoms with van der Waals surface area (Å²) in [6, 6.07) is 16.8. The summed E-state index contributed by atoms with van der Waals surface area (Å²) in [6.07, 6.45) is 0. The zero-order valence-corrected chi connectivity index (χ0v) is 14.1. The molecule has 0 atom stereocenters. The second kappa shape index (κ2) is 4.22. The molecule has 2 aliphatic heterocycles. The standard InChI is InChI=1S/C17H15N2O4P/c1-12-11-13(2)19(18-12)24(20-14-7-3-4-8-15(14)21-24)22-16-9-5-6-10-17(16)23-24/h3-11H,1-2H3. The third-order valence-electron chi connectivity index (χ3n) is 4.00. The van der Waals surface area contributed by atoms with Crippen molar-refractivity contribution in [3.05, 3.63) is 66.0 Å². The van der Waals surface area contributed by atoms with Crippen molar-refractivity contribution in [3.63, 3.8) is 0 Å². The van der Waals surface area contributed by atoms with Gasteiger partial charge in [0.15, 0.2) is 0 Å². The Kier molecular flexibility index (Phi) is 2.41. The molecule has 2 aromatic carbocycles. The first kappa shape index (κ1) is 13.7. The van der Waals surface area contributed by atoms with Gasteiger partial charge in [0.25, 0.3) is 0 Å². The van der Waals surface area contributed by atoms with Gasteiger partial charge in [-0.1, -0.05) is 0 Å². The first-order chi connectivity index (χ1) is 11.6. The third-order valence-corrected chi connectivity index (χ3v) is 7.03. The summed E-state index contributed by atoms with van der Waals surface area (Å²) in [5.41, 5.74) is 1.67. The Balaban J connectivity index is 1.77. The fourth-order valence-electron chi connectivity index (χ4n) is 3.07. The molecule has 0 bridgehead atoms. The predicted octanol–water partition coefficient (Wildman–Crippen LogP) is 4.42. The van der Waals surface area contributed by atoms with Crippen molar-refractivity contribution in [2.75, 3.05) is 0 Å². The van der Waals surface area contributed by atoms with E-state index >= 15 is 0 Å². The first-order valence-corrected chi connectivity index (χ1v) is 9.49. The summed E-state index contributed by atoms with van der Waals surface area (Å²) in [5.74, 6) is 2.32. The van der Waals surface area contributed by atoms with Crippen LogP contribution in [0.2, 0.25) is 0 Å². The number of para-hydroxylation sites is 4. The van der Waals surface area contributed by atoms with Crippen LogP contribution in [0.3, 0.4) is 0 Å². The van der Waals surface area contributed by atoms with Crippen LogP contribution in [0.5, 0.6) is 23.0 Å². The molecule has 122 valence electrons. The topological polar surface area (TPSA) is 54.7 Å². The predicted molar refractivity (Wildman–Crippen MR) is 89.4 cm³/mol. The molecule has 0 unspecified atom stereocenters. The van der Waals surface area contributed by atoms with Crippen LogP contribution in [0, 0.1) is 13.8 Å². The summed E-state index contributed by atoms with van der Waals surface area (Å²) in [5, 5.41) is 4.56. The van der Waals surface area contributed by atoms with Crippen LogP contribution in [-0.4, -0.2) is 9.55 Å². The maximum atomic E-state index is 6.27. The van der Waals surface area contributed by atoms with Crippen molar-refractivity contribution in [1.82, 2.24) is 9.55 Å². The van der Waals surface area contributed by atoms with Crippen molar-refractivity contribution < 1.29 is 18.1 Å². The Morgan fingerprint density at radius 1 is 0.750 bits per heavy atom. The van der Waals surface area contributed by atoms with Gasteiger partial charge in [-0.3, -0.25) is 0 Å². The van der Waals surface area contributed by atoms with Gasteiger partial charge < -0.3 is 0 Å². The normalized spacial score (nSPS) is 19.8. The monoisotopic (exact) mass is 342 g/mol. The molecule has 0 N–H and O–H groups in total. The number of fused-ring (bicyclic) bond motifs is 2. The van der Waals surface area contributed by atoms with Crippen molar-refractivity contribution in [3.8, 4) is 23.0 Å². The van der Waals surface area contributed by atoms with Gasteiger partial charge in [-0.15, -0.1) is 0 Å². The minimum atomic E-state index is -4.22. The van der Waals surface area contributed by atoms with Crippen LogP contribution in [0.4, 0.5) is 0 Å². The number of aromatic nitrogens is 2. The van der Waals surface area contributed by atoms with Gasteiger partial charge in [-0.25, -0.2) is 0 Å². The van der Waals surface area contributed by atoms with Crippen LogP contribution in [0.15, 0.2) is 54.6 Å². The molecule has 3 aromatic rings. The summed E-state index contributed by atoms with van der Waals surface area (Å²) >= 11 is 0. The molecule has 1 spiro atoms. The van der Waals surface area contributed by atoms with Gasteiger partial charge in [-0.05, 0) is 0 Å². The SMILES string of the molecule is Cc1cc(C)n(P23(Oc4ccccc4O2)Oc2ccccc2O3)n1. The molecule has 6 nitrogen and oxygen atoms in total. The van der Waals surface area contributed by atoms with Crippen molar-refractivity contribution >= 4 is 7.66 Å². The van der Waals surface area contributed by atoms with E-state index in [1.54, 1.807) is 4.45 Å². The van der Waals surface area contributed by atoms with Crippen LogP contribution in [0.1, 0.15) is 11.4 Å². The molecule has 0 saturated heterocycles. The zero-order valence-electron chi connectivity index (χ0n) is 13.2. The maximum absolute atomic E-state index is 6.27. The summed E-state index contributed by atoms with van der Waals surface area (Å²) in [7, 11) is -4.22. The molecule has 0 saturated carbocycles.